The number of hydrogen-bond donors (Lipinski definition) is 1. The Morgan fingerprint density at radius 3 is 3.00 bits per heavy atom. The van der Waals surface area contributed by atoms with Gasteiger partial charge < -0.3 is 10.1 Å². The zero-order valence-corrected chi connectivity index (χ0v) is 14.5. The van der Waals surface area contributed by atoms with Crippen LogP contribution in [-0.4, -0.2) is 13.2 Å². The van der Waals surface area contributed by atoms with Crippen LogP contribution in [0.2, 0.25) is 0 Å². The fourth-order valence-electron chi connectivity index (χ4n) is 2.67. The highest BCUT2D eigenvalue weighted by molar-refractivity contribution is 14.1. The van der Waals surface area contributed by atoms with E-state index in [-0.39, 0.29) is 6.04 Å². The first-order valence-electron chi connectivity index (χ1n) is 7.01. The van der Waals surface area contributed by atoms with Crippen molar-refractivity contribution in [3.8, 4) is 5.75 Å². The zero-order valence-electron chi connectivity index (χ0n) is 11.5. The predicted molar refractivity (Wildman–Crippen MR) is 92.8 cm³/mol. The fraction of sp³-hybridized carbons (Fsp3) is 0.375. The van der Waals surface area contributed by atoms with Gasteiger partial charge >= 0.3 is 0 Å². The molecule has 4 heteroatoms. The van der Waals surface area contributed by atoms with Crippen LogP contribution in [0.15, 0.2) is 29.6 Å². The highest BCUT2D eigenvalue weighted by atomic mass is 127. The molecule has 3 rings (SSSR count). The van der Waals surface area contributed by atoms with E-state index >= 15 is 0 Å². The molecule has 20 heavy (non-hydrogen) atoms. The molecule has 2 heterocycles. The van der Waals surface area contributed by atoms with Crippen molar-refractivity contribution >= 4 is 33.9 Å². The van der Waals surface area contributed by atoms with Gasteiger partial charge in [0.2, 0.25) is 0 Å². The monoisotopic (exact) mass is 399 g/mol. The molecule has 2 aromatic rings. The molecule has 0 aliphatic carbocycles. The second-order valence-electron chi connectivity index (χ2n) is 4.99. The van der Waals surface area contributed by atoms with Crippen molar-refractivity contribution in [3.63, 3.8) is 0 Å². The lowest BCUT2D eigenvalue weighted by Crippen LogP contribution is -2.22. The van der Waals surface area contributed by atoms with Gasteiger partial charge in [0.25, 0.3) is 0 Å². The number of benzene rings is 1. The van der Waals surface area contributed by atoms with Crippen molar-refractivity contribution < 1.29 is 4.74 Å². The molecule has 0 bridgehead atoms. The van der Waals surface area contributed by atoms with E-state index in [0.29, 0.717) is 0 Å². The molecule has 1 atom stereocenters. The summed E-state index contributed by atoms with van der Waals surface area (Å²) in [5, 5.41) is 5.85. The topological polar surface area (TPSA) is 21.3 Å². The summed E-state index contributed by atoms with van der Waals surface area (Å²) in [5.74, 6) is 1.06. The highest BCUT2D eigenvalue weighted by Gasteiger charge is 2.17. The van der Waals surface area contributed by atoms with Crippen LogP contribution in [0.1, 0.15) is 36.1 Å². The number of aryl methyl sites for hydroxylation is 1. The summed E-state index contributed by atoms with van der Waals surface area (Å²) in [4.78, 5) is 0. The predicted octanol–water partition coefficient (Wildman–Crippen LogP) is 4.38. The van der Waals surface area contributed by atoms with Gasteiger partial charge in [-0.1, -0.05) is 19.1 Å². The Hall–Kier alpha value is -0.590. The van der Waals surface area contributed by atoms with Gasteiger partial charge in [0.1, 0.15) is 5.75 Å². The summed E-state index contributed by atoms with van der Waals surface area (Å²) < 4.78 is 7.04. The lowest BCUT2D eigenvalue weighted by atomic mass is 9.96. The molecule has 0 saturated carbocycles. The van der Waals surface area contributed by atoms with Crippen molar-refractivity contribution in [3.05, 3.63) is 49.2 Å². The molecule has 0 radical (unpaired) electrons. The van der Waals surface area contributed by atoms with E-state index in [9.17, 15) is 0 Å². The van der Waals surface area contributed by atoms with Gasteiger partial charge in [0.05, 0.1) is 15.5 Å². The van der Waals surface area contributed by atoms with Crippen LogP contribution < -0.4 is 10.1 Å². The van der Waals surface area contributed by atoms with Gasteiger partial charge in [0.15, 0.2) is 0 Å². The number of nitrogens with one attached hydrogen (secondary N) is 1. The van der Waals surface area contributed by atoms with E-state index in [0.717, 1.165) is 31.7 Å². The Kier molecular flexibility index (Phi) is 4.63. The number of ether oxygens (including phenoxy) is 1. The molecule has 0 fully saturated rings. The second-order valence-corrected chi connectivity index (χ2v) is 7.80. The fourth-order valence-corrected chi connectivity index (χ4v) is 4.06. The van der Waals surface area contributed by atoms with Gasteiger partial charge in [-0.25, -0.2) is 0 Å². The molecule has 1 N–H and O–H groups in total. The summed E-state index contributed by atoms with van der Waals surface area (Å²) in [6.07, 6.45) is 2.25. The molecule has 1 aliphatic heterocycles. The molecular weight excluding hydrogens is 381 g/mol. The van der Waals surface area contributed by atoms with Gasteiger partial charge in [-0.15, -0.1) is 11.3 Å². The summed E-state index contributed by atoms with van der Waals surface area (Å²) in [7, 11) is 0. The number of fused-ring (bicyclic) bond motifs is 1. The maximum absolute atomic E-state index is 5.71. The Morgan fingerprint density at radius 1 is 1.35 bits per heavy atom. The summed E-state index contributed by atoms with van der Waals surface area (Å²) >= 11 is 4.19. The minimum atomic E-state index is 0.284. The quantitative estimate of drug-likeness (QED) is 0.771. The molecule has 0 saturated heterocycles. The Balaban J connectivity index is 1.95. The first-order valence-corrected chi connectivity index (χ1v) is 8.96. The van der Waals surface area contributed by atoms with Crippen molar-refractivity contribution in [2.45, 2.75) is 25.8 Å². The van der Waals surface area contributed by atoms with Crippen molar-refractivity contribution in [1.82, 2.24) is 5.32 Å². The van der Waals surface area contributed by atoms with Crippen molar-refractivity contribution in [2.75, 3.05) is 13.2 Å². The van der Waals surface area contributed by atoms with Gasteiger partial charge in [-0.2, -0.15) is 0 Å². The number of hydrogen-bond acceptors (Lipinski definition) is 3. The SMILES string of the molecule is CCNC(c1csc(I)c1)c1ccc2c(c1)CCCO2. The number of thiophene rings is 1. The molecule has 1 aliphatic rings. The third-order valence-electron chi connectivity index (χ3n) is 3.60. The minimum absolute atomic E-state index is 0.284. The first kappa shape index (κ1) is 14.4. The van der Waals surface area contributed by atoms with Crippen LogP contribution in [0.25, 0.3) is 0 Å². The zero-order chi connectivity index (χ0) is 13.9. The summed E-state index contributed by atoms with van der Waals surface area (Å²) in [6, 6.07) is 9.20. The van der Waals surface area contributed by atoms with Crippen LogP contribution in [0.5, 0.6) is 5.75 Å². The normalized spacial score (nSPS) is 15.5. The van der Waals surface area contributed by atoms with E-state index in [4.69, 9.17) is 4.74 Å². The molecule has 1 unspecified atom stereocenters. The van der Waals surface area contributed by atoms with Gasteiger partial charge in [-0.3, -0.25) is 0 Å². The van der Waals surface area contributed by atoms with E-state index < -0.39 is 0 Å². The molecule has 0 amide bonds. The average Bonchev–Trinajstić information content (AvgIpc) is 2.90. The Bertz CT molecular complexity index is 596. The van der Waals surface area contributed by atoms with E-state index in [1.807, 2.05) is 0 Å². The van der Waals surface area contributed by atoms with Crippen LogP contribution in [0.4, 0.5) is 0 Å². The Labute approximate surface area is 137 Å². The van der Waals surface area contributed by atoms with Crippen LogP contribution in [0, 0.1) is 2.88 Å². The molecule has 1 aromatic carbocycles. The summed E-state index contributed by atoms with van der Waals surface area (Å²) in [6.45, 7) is 3.97. The van der Waals surface area contributed by atoms with Crippen LogP contribution in [0.3, 0.4) is 0 Å². The summed E-state index contributed by atoms with van der Waals surface area (Å²) in [5.41, 5.74) is 4.05. The third-order valence-corrected chi connectivity index (χ3v) is 5.40. The van der Waals surface area contributed by atoms with E-state index in [1.165, 1.54) is 19.6 Å². The minimum Gasteiger partial charge on any atom is -0.493 e. The standard InChI is InChI=1S/C16H18INOS/c1-2-18-16(13-9-15(17)20-10-13)12-5-6-14-11(8-12)4-3-7-19-14/h5-6,8-10,16,18H,2-4,7H2,1H3. The maximum atomic E-state index is 5.71. The lowest BCUT2D eigenvalue weighted by molar-refractivity contribution is 0.288. The third kappa shape index (κ3) is 3.02. The molecule has 1 aromatic heterocycles. The van der Waals surface area contributed by atoms with Crippen LogP contribution in [-0.2, 0) is 6.42 Å². The second kappa shape index (κ2) is 6.45. The smallest absolute Gasteiger partial charge is 0.122 e. The molecule has 2 nitrogen and oxygen atoms in total. The highest BCUT2D eigenvalue weighted by Crippen LogP contribution is 2.32. The van der Waals surface area contributed by atoms with Gasteiger partial charge in [0, 0.05) is 0 Å². The number of halogens is 1. The Morgan fingerprint density at radius 2 is 2.25 bits per heavy atom. The maximum Gasteiger partial charge on any atom is 0.122 e. The van der Waals surface area contributed by atoms with Crippen molar-refractivity contribution in [1.29, 1.82) is 0 Å². The molecular formula is C16H18INOS. The van der Waals surface area contributed by atoms with Crippen molar-refractivity contribution in [2.24, 2.45) is 0 Å². The average molecular weight is 399 g/mol. The molecule has 0 spiro atoms. The van der Waals surface area contributed by atoms with E-state index in [1.54, 1.807) is 11.3 Å². The number of rotatable bonds is 4. The first-order chi connectivity index (χ1) is 9.78. The van der Waals surface area contributed by atoms with Gasteiger partial charge in [-0.05, 0) is 76.2 Å². The lowest BCUT2D eigenvalue weighted by Gasteiger charge is -2.22. The largest absolute Gasteiger partial charge is 0.493 e. The van der Waals surface area contributed by atoms with Crippen LogP contribution >= 0.6 is 33.9 Å². The molecule has 106 valence electrons. The van der Waals surface area contributed by atoms with E-state index in [2.05, 4.69) is 64.5 Å².